The lowest BCUT2D eigenvalue weighted by molar-refractivity contribution is 0.605. The first kappa shape index (κ1) is 13.1. The van der Waals surface area contributed by atoms with Gasteiger partial charge in [-0.1, -0.05) is 60.1 Å². The van der Waals surface area contributed by atoms with Gasteiger partial charge in [-0.25, -0.2) is 0 Å². The zero-order valence-corrected chi connectivity index (χ0v) is 12.3. The summed E-state index contributed by atoms with van der Waals surface area (Å²) in [6.45, 7) is 0. The van der Waals surface area contributed by atoms with Crippen molar-refractivity contribution in [1.82, 2.24) is 0 Å². The molecule has 0 aliphatic heterocycles. The fourth-order valence-corrected chi connectivity index (χ4v) is 3.00. The second kappa shape index (κ2) is 5.00. The predicted molar refractivity (Wildman–Crippen MR) is 90.4 cm³/mol. The number of benzene rings is 3. The molecule has 1 aromatic heterocycles. The van der Waals surface area contributed by atoms with Gasteiger partial charge in [0.1, 0.15) is 11.8 Å². The second-order valence-electron chi connectivity index (χ2n) is 5.12. The third kappa shape index (κ3) is 1.92. The van der Waals surface area contributed by atoms with Crippen LogP contribution in [0.25, 0.3) is 32.9 Å². The number of halogens is 1. The van der Waals surface area contributed by atoms with Crippen LogP contribution in [-0.4, -0.2) is 0 Å². The van der Waals surface area contributed by atoms with Crippen LogP contribution in [0.1, 0.15) is 0 Å². The number of hydrogen-bond donors (Lipinski definition) is 0. The van der Waals surface area contributed by atoms with E-state index in [-0.39, 0.29) is 5.43 Å². The molecule has 3 heteroatoms. The van der Waals surface area contributed by atoms with Crippen molar-refractivity contribution in [3.8, 4) is 11.1 Å². The minimum absolute atomic E-state index is 0.0637. The molecule has 0 amide bonds. The fraction of sp³-hybridized carbons (Fsp3) is 0. The van der Waals surface area contributed by atoms with E-state index in [0.29, 0.717) is 27.1 Å². The van der Waals surface area contributed by atoms with Crippen LogP contribution in [-0.2, 0) is 0 Å². The Kier molecular flexibility index (Phi) is 2.98. The third-order valence-electron chi connectivity index (χ3n) is 3.83. The van der Waals surface area contributed by atoms with Crippen LogP contribution in [0.4, 0.5) is 0 Å². The molecule has 0 radical (unpaired) electrons. The van der Waals surface area contributed by atoms with Crippen LogP contribution in [0.5, 0.6) is 0 Å². The quantitative estimate of drug-likeness (QED) is 0.449. The average Bonchev–Trinajstić information content (AvgIpc) is 2.56. The predicted octanol–water partition coefficient (Wildman–Crippen LogP) is 5.27. The lowest BCUT2D eigenvalue weighted by Crippen LogP contribution is -2.05. The molecule has 0 bridgehead atoms. The zero-order chi connectivity index (χ0) is 15.1. The smallest absolute Gasteiger partial charge is 0.201 e. The van der Waals surface area contributed by atoms with Crippen LogP contribution >= 0.6 is 11.6 Å². The lowest BCUT2D eigenvalue weighted by Gasteiger charge is -2.06. The van der Waals surface area contributed by atoms with Gasteiger partial charge < -0.3 is 4.42 Å². The first-order chi connectivity index (χ1) is 10.8. The molecule has 0 unspecified atom stereocenters. The van der Waals surface area contributed by atoms with Crippen molar-refractivity contribution in [3.05, 3.63) is 82.2 Å². The molecule has 0 aliphatic rings. The molecule has 22 heavy (non-hydrogen) atoms. The van der Waals surface area contributed by atoms with Gasteiger partial charge in [0, 0.05) is 10.6 Å². The molecule has 4 aromatic rings. The van der Waals surface area contributed by atoms with Crippen molar-refractivity contribution >= 4 is 33.3 Å². The minimum atomic E-state index is -0.0637. The highest BCUT2D eigenvalue weighted by Gasteiger charge is 2.13. The van der Waals surface area contributed by atoms with Crippen LogP contribution in [0.3, 0.4) is 0 Å². The van der Waals surface area contributed by atoms with Gasteiger partial charge in [0.25, 0.3) is 0 Å². The Morgan fingerprint density at radius 1 is 0.818 bits per heavy atom. The Bertz CT molecular complexity index is 1060. The monoisotopic (exact) mass is 306 g/mol. The largest absolute Gasteiger partial charge is 0.463 e. The summed E-state index contributed by atoms with van der Waals surface area (Å²) in [6, 6.07) is 18.9. The Morgan fingerprint density at radius 3 is 2.45 bits per heavy atom. The van der Waals surface area contributed by atoms with Gasteiger partial charge in [0.05, 0.1) is 10.9 Å². The van der Waals surface area contributed by atoms with Crippen molar-refractivity contribution in [2.75, 3.05) is 0 Å². The average molecular weight is 307 g/mol. The van der Waals surface area contributed by atoms with Crippen molar-refractivity contribution in [2.45, 2.75) is 0 Å². The van der Waals surface area contributed by atoms with E-state index in [2.05, 4.69) is 0 Å². The summed E-state index contributed by atoms with van der Waals surface area (Å²) < 4.78 is 5.68. The topological polar surface area (TPSA) is 30.2 Å². The molecule has 0 saturated heterocycles. The van der Waals surface area contributed by atoms with Gasteiger partial charge in [-0.3, -0.25) is 4.79 Å². The first-order valence-corrected chi connectivity index (χ1v) is 7.31. The standard InChI is InChI=1S/C19H11ClO2/c20-16-8-4-3-7-14(16)15-11-22-17-10-9-12-5-1-2-6-13(12)18(17)19(15)21/h1-11H. The van der Waals surface area contributed by atoms with E-state index < -0.39 is 0 Å². The summed E-state index contributed by atoms with van der Waals surface area (Å²) in [5.74, 6) is 0. The molecule has 1 heterocycles. The van der Waals surface area contributed by atoms with E-state index in [1.807, 2.05) is 54.6 Å². The third-order valence-corrected chi connectivity index (χ3v) is 4.16. The summed E-state index contributed by atoms with van der Waals surface area (Å²) >= 11 is 6.22. The van der Waals surface area contributed by atoms with Crippen molar-refractivity contribution in [2.24, 2.45) is 0 Å². The van der Waals surface area contributed by atoms with Gasteiger partial charge >= 0.3 is 0 Å². The minimum Gasteiger partial charge on any atom is -0.463 e. The van der Waals surface area contributed by atoms with E-state index in [0.717, 1.165) is 10.8 Å². The Morgan fingerprint density at radius 2 is 1.59 bits per heavy atom. The molecule has 3 aromatic carbocycles. The number of hydrogen-bond acceptors (Lipinski definition) is 2. The highest BCUT2D eigenvalue weighted by Crippen LogP contribution is 2.29. The Labute approximate surface area is 131 Å². The molecule has 106 valence electrons. The maximum atomic E-state index is 13.0. The first-order valence-electron chi connectivity index (χ1n) is 6.94. The van der Waals surface area contributed by atoms with Crippen LogP contribution in [0.15, 0.2) is 76.1 Å². The molecule has 0 saturated carbocycles. The summed E-state index contributed by atoms with van der Waals surface area (Å²) in [5.41, 5.74) is 1.69. The lowest BCUT2D eigenvalue weighted by atomic mass is 10.0. The molecule has 0 atom stereocenters. The van der Waals surface area contributed by atoms with Gasteiger partial charge in [-0.2, -0.15) is 0 Å². The molecule has 2 nitrogen and oxygen atoms in total. The van der Waals surface area contributed by atoms with E-state index in [4.69, 9.17) is 16.0 Å². The summed E-state index contributed by atoms with van der Waals surface area (Å²) in [7, 11) is 0. The number of fused-ring (bicyclic) bond motifs is 3. The maximum absolute atomic E-state index is 13.0. The van der Waals surface area contributed by atoms with Gasteiger partial charge in [0.2, 0.25) is 5.43 Å². The fourth-order valence-electron chi connectivity index (χ4n) is 2.76. The Balaban J connectivity index is 2.16. The molecule has 0 fully saturated rings. The molecular formula is C19H11ClO2. The SMILES string of the molecule is O=c1c(-c2ccccc2Cl)coc2ccc3ccccc3c12. The van der Waals surface area contributed by atoms with E-state index in [1.165, 1.54) is 6.26 Å². The second-order valence-corrected chi connectivity index (χ2v) is 5.53. The van der Waals surface area contributed by atoms with E-state index in [9.17, 15) is 4.79 Å². The summed E-state index contributed by atoms with van der Waals surface area (Å²) in [6.07, 6.45) is 1.49. The van der Waals surface area contributed by atoms with Crippen LogP contribution in [0, 0.1) is 0 Å². The molecule has 0 spiro atoms. The molecular weight excluding hydrogens is 296 g/mol. The summed E-state index contributed by atoms with van der Waals surface area (Å²) in [4.78, 5) is 13.0. The molecule has 4 rings (SSSR count). The van der Waals surface area contributed by atoms with E-state index in [1.54, 1.807) is 6.07 Å². The van der Waals surface area contributed by atoms with Crippen molar-refractivity contribution in [1.29, 1.82) is 0 Å². The molecule has 0 N–H and O–H groups in total. The Hall–Kier alpha value is -2.58. The van der Waals surface area contributed by atoms with Crippen LogP contribution in [0.2, 0.25) is 5.02 Å². The van der Waals surface area contributed by atoms with Gasteiger partial charge in [0.15, 0.2) is 0 Å². The van der Waals surface area contributed by atoms with Gasteiger partial charge in [-0.05, 0) is 22.9 Å². The highest BCUT2D eigenvalue weighted by atomic mass is 35.5. The van der Waals surface area contributed by atoms with Gasteiger partial charge in [-0.15, -0.1) is 0 Å². The summed E-state index contributed by atoms with van der Waals surface area (Å²) in [5, 5.41) is 3.03. The van der Waals surface area contributed by atoms with Crippen molar-refractivity contribution in [3.63, 3.8) is 0 Å². The molecule has 0 aliphatic carbocycles. The highest BCUT2D eigenvalue weighted by molar-refractivity contribution is 6.33. The number of rotatable bonds is 1. The maximum Gasteiger partial charge on any atom is 0.201 e. The van der Waals surface area contributed by atoms with Crippen molar-refractivity contribution < 1.29 is 4.42 Å². The zero-order valence-electron chi connectivity index (χ0n) is 11.5. The van der Waals surface area contributed by atoms with E-state index >= 15 is 0 Å². The van der Waals surface area contributed by atoms with Crippen LogP contribution < -0.4 is 5.43 Å². The normalized spacial score (nSPS) is 11.1.